The van der Waals surface area contributed by atoms with Crippen LogP contribution < -0.4 is 0 Å². The Bertz CT molecular complexity index is 331. The molecular weight excluding hydrogens is 200 g/mol. The third-order valence-electron chi connectivity index (χ3n) is 2.54. The van der Waals surface area contributed by atoms with Crippen LogP contribution in [0.4, 0.5) is 0 Å². The Kier molecular flexibility index (Phi) is 3.51. The quantitative estimate of drug-likeness (QED) is 0.664. The van der Waals surface area contributed by atoms with Crippen molar-refractivity contribution in [3.05, 3.63) is 0 Å². The molecule has 0 N–H and O–H groups in total. The zero-order valence-electron chi connectivity index (χ0n) is 8.60. The summed E-state index contributed by atoms with van der Waals surface area (Å²) in [5.41, 5.74) is 0. The predicted molar refractivity (Wildman–Crippen MR) is 54.5 cm³/mol. The normalized spacial score (nSPS) is 29.4. The molecule has 1 rings (SSSR count). The largest absolute Gasteiger partial charge is 0.297 e. The van der Waals surface area contributed by atoms with Crippen LogP contribution in [0.3, 0.4) is 0 Å². The van der Waals surface area contributed by atoms with Gasteiger partial charge in [0.25, 0.3) is 0 Å². The van der Waals surface area contributed by atoms with Gasteiger partial charge in [0.2, 0.25) is 0 Å². The van der Waals surface area contributed by atoms with Gasteiger partial charge in [-0.15, -0.1) is 0 Å². The Labute approximate surface area is 85.4 Å². The van der Waals surface area contributed by atoms with E-state index in [0.717, 1.165) is 0 Å². The van der Waals surface area contributed by atoms with Gasteiger partial charge in [0.05, 0.1) is 23.5 Å². The van der Waals surface area contributed by atoms with Crippen molar-refractivity contribution in [2.45, 2.75) is 19.9 Å². The fourth-order valence-electron chi connectivity index (χ4n) is 1.70. The van der Waals surface area contributed by atoms with E-state index in [0.29, 0.717) is 13.1 Å². The van der Waals surface area contributed by atoms with E-state index in [1.807, 2.05) is 13.8 Å². The summed E-state index contributed by atoms with van der Waals surface area (Å²) in [7, 11) is -2.83. The van der Waals surface area contributed by atoms with Crippen LogP contribution in [0.2, 0.25) is 0 Å². The molecule has 5 heteroatoms. The fourth-order valence-corrected chi connectivity index (χ4v) is 3.32. The van der Waals surface area contributed by atoms with Crippen LogP contribution >= 0.6 is 0 Å². The SMILES string of the molecule is CC(C#N)CN1CCS(=O)(=O)CC1C. The molecule has 0 aliphatic carbocycles. The van der Waals surface area contributed by atoms with Gasteiger partial charge in [0, 0.05) is 19.1 Å². The lowest BCUT2D eigenvalue weighted by Gasteiger charge is -2.33. The third-order valence-corrected chi connectivity index (χ3v) is 4.33. The second-order valence-electron chi connectivity index (χ2n) is 3.99. The second-order valence-corrected chi connectivity index (χ2v) is 6.22. The lowest BCUT2D eigenvalue weighted by atomic mass is 10.1. The molecule has 4 nitrogen and oxygen atoms in total. The Hall–Kier alpha value is -0.600. The van der Waals surface area contributed by atoms with E-state index in [4.69, 9.17) is 5.26 Å². The topological polar surface area (TPSA) is 61.2 Å². The molecule has 1 aliphatic rings. The number of hydrogen-bond acceptors (Lipinski definition) is 4. The van der Waals surface area contributed by atoms with Crippen LogP contribution in [0.15, 0.2) is 0 Å². The summed E-state index contributed by atoms with van der Waals surface area (Å²) in [5.74, 6) is 0.430. The molecule has 14 heavy (non-hydrogen) atoms. The van der Waals surface area contributed by atoms with Crippen LogP contribution in [0.25, 0.3) is 0 Å². The van der Waals surface area contributed by atoms with Gasteiger partial charge in [-0.3, -0.25) is 4.90 Å². The van der Waals surface area contributed by atoms with Crippen molar-refractivity contribution in [1.82, 2.24) is 4.90 Å². The Morgan fingerprint density at radius 2 is 2.29 bits per heavy atom. The van der Waals surface area contributed by atoms with E-state index in [1.165, 1.54) is 0 Å². The smallest absolute Gasteiger partial charge is 0.153 e. The molecular formula is C9H16N2O2S. The van der Waals surface area contributed by atoms with Gasteiger partial charge in [0.1, 0.15) is 0 Å². The molecule has 0 aromatic carbocycles. The minimum atomic E-state index is -2.83. The highest BCUT2D eigenvalue weighted by molar-refractivity contribution is 7.91. The second kappa shape index (κ2) is 4.28. The number of nitriles is 1. The summed E-state index contributed by atoms with van der Waals surface area (Å²) in [5, 5.41) is 8.66. The average Bonchev–Trinajstić information content (AvgIpc) is 2.09. The van der Waals surface area contributed by atoms with E-state index in [2.05, 4.69) is 11.0 Å². The van der Waals surface area contributed by atoms with Gasteiger partial charge in [-0.25, -0.2) is 8.42 Å². The molecule has 1 fully saturated rings. The Morgan fingerprint density at radius 3 is 2.79 bits per heavy atom. The summed E-state index contributed by atoms with van der Waals surface area (Å²) in [6.07, 6.45) is 0. The van der Waals surface area contributed by atoms with Crippen LogP contribution in [0.5, 0.6) is 0 Å². The van der Waals surface area contributed by atoms with E-state index < -0.39 is 9.84 Å². The molecule has 0 radical (unpaired) electrons. The monoisotopic (exact) mass is 216 g/mol. The van der Waals surface area contributed by atoms with Crippen molar-refractivity contribution in [1.29, 1.82) is 5.26 Å². The molecule has 2 atom stereocenters. The van der Waals surface area contributed by atoms with Crippen molar-refractivity contribution in [3.8, 4) is 6.07 Å². The number of rotatable bonds is 2. The van der Waals surface area contributed by atoms with Gasteiger partial charge in [-0.2, -0.15) is 5.26 Å². The first-order valence-electron chi connectivity index (χ1n) is 4.78. The number of nitrogens with zero attached hydrogens (tertiary/aromatic N) is 2. The maximum atomic E-state index is 11.3. The molecule has 2 unspecified atom stereocenters. The number of hydrogen-bond donors (Lipinski definition) is 0. The first-order valence-corrected chi connectivity index (χ1v) is 6.61. The standard InChI is InChI=1S/C9H16N2O2S/c1-8(5-10)6-11-3-4-14(12,13)7-9(11)2/h8-9H,3-4,6-7H2,1-2H3. The molecule has 1 saturated heterocycles. The molecule has 80 valence electrons. The highest BCUT2D eigenvalue weighted by Gasteiger charge is 2.28. The van der Waals surface area contributed by atoms with Crippen LogP contribution in [0.1, 0.15) is 13.8 Å². The van der Waals surface area contributed by atoms with E-state index in [1.54, 1.807) is 0 Å². The number of sulfone groups is 1. The summed E-state index contributed by atoms with van der Waals surface area (Å²) in [4.78, 5) is 2.08. The summed E-state index contributed by atoms with van der Waals surface area (Å²) < 4.78 is 22.5. The van der Waals surface area contributed by atoms with Crippen molar-refractivity contribution < 1.29 is 8.42 Å². The molecule has 0 bridgehead atoms. The van der Waals surface area contributed by atoms with Crippen molar-refractivity contribution >= 4 is 9.84 Å². The molecule has 0 aromatic heterocycles. The highest BCUT2D eigenvalue weighted by atomic mass is 32.2. The van der Waals surface area contributed by atoms with Crippen LogP contribution in [-0.4, -0.2) is 44.0 Å². The third kappa shape index (κ3) is 2.96. The van der Waals surface area contributed by atoms with Gasteiger partial charge in [-0.1, -0.05) is 0 Å². The van der Waals surface area contributed by atoms with E-state index in [-0.39, 0.29) is 23.5 Å². The zero-order valence-corrected chi connectivity index (χ0v) is 9.42. The average molecular weight is 216 g/mol. The first kappa shape index (κ1) is 11.5. The van der Waals surface area contributed by atoms with Gasteiger partial charge in [-0.05, 0) is 13.8 Å². The minimum absolute atomic E-state index is 0.0294. The van der Waals surface area contributed by atoms with Crippen molar-refractivity contribution in [2.75, 3.05) is 24.6 Å². The van der Waals surface area contributed by atoms with Crippen LogP contribution in [0, 0.1) is 17.2 Å². The molecule has 1 aliphatic heterocycles. The lowest BCUT2D eigenvalue weighted by Crippen LogP contribution is -2.48. The van der Waals surface area contributed by atoms with E-state index in [9.17, 15) is 8.42 Å². The van der Waals surface area contributed by atoms with Gasteiger partial charge in [0.15, 0.2) is 9.84 Å². The zero-order chi connectivity index (χ0) is 10.8. The van der Waals surface area contributed by atoms with Gasteiger partial charge < -0.3 is 0 Å². The molecule has 1 heterocycles. The Balaban J connectivity index is 2.55. The summed E-state index contributed by atoms with van der Waals surface area (Å²) >= 11 is 0. The molecule has 0 spiro atoms. The highest BCUT2D eigenvalue weighted by Crippen LogP contribution is 2.12. The fraction of sp³-hybridized carbons (Fsp3) is 0.889. The maximum Gasteiger partial charge on any atom is 0.153 e. The summed E-state index contributed by atoms with van der Waals surface area (Å²) in [6.45, 7) is 5.00. The predicted octanol–water partition coefficient (Wildman–Crippen LogP) is 0.265. The molecule has 0 amide bonds. The molecule has 0 saturated carbocycles. The molecule has 0 aromatic rings. The first-order chi connectivity index (χ1) is 6.44. The maximum absolute atomic E-state index is 11.3. The van der Waals surface area contributed by atoms with Crippen molar-refractivity contribution in [3.63, 3.8) is 0 Å². The van der Waals surface area contributed by atoms with Crippen molar-refractivity contribution in [2.24, 2.45) is 5.92 Å². The minimum Gasteiger partial charge on any atom is -0.297 e. The van der Waals surface area contributed by atoms with E-state index >= 15 is 0 Å². The van der Waals surface area contributed by atoms with Gasteiger partial charge >= 0.3 is 0 Å². The Morgan fingerprint density at radius 1 is 1.64 bits per heavy atom. The summed E-state index contributed by atoms with van der Waals surface area (Å²) in [6, 6.07) is 2.21. The lowest BCUT2D eigenvalue weighted by molar-refractivity contribution is 0.211. The van der Waals surface area contributed by atoms with Crippen LogP contribution in [-0.2, 0) is 9.84 Å².